The number of nitrogens with zero attached hydrogens (tertiary/aromatic N) is 2. The molecule has 0 atom stereocenters. The zero-order chi connectivity index (χ0) is 12.4. The van der Waals surface area contributed by atoms with E-state index in [0.717, 1.165) is 6.20 Å². The molecule has 0 radical (unpaired) electrons. The summed E-state index contributed by atoms with van der Waals surface area (Å²) in [5.41, 5.74) is 4.48. The summed E-state index contributed by atoms with van der Waals surface area (Å²) in [4.78, 5) is 26.4. The van der Waals surface area contributed by atoms with Gasteiger partial charge in [-0.1, -0.05) is 18.2 Å². The molecule has 17 heavy (non-hydrogen) atoms. The summed E-state index contributed by atoms with van der Waals surface area (Å²) in [6.45, 7) is 0. The summed E-state index contributed by atoms with van der Waals surface area (Å²) in [5, 5.41) is 0. The van der Waals surface area contributed by atoms with E-state index in [2.05, 4.69) is 4.98 Å². The molecule has 0 spiro atoms. The average Bonchev–Trinajstić information content (AvgIpc) is 2.34. The van der Waals surface area contributed by atoms with Crippen LogP contribution >= 0.6 is 0 Å². The summed E-state index contributed by atoms with van der Waals surface area (Å²) in [5.74, 6) is -2.08. The minimum atomic E-state index is -0.908. The second kappa shape index (κ2) is 4.17. The molecular formula is C11H8FN3O2. The van der Waals surface area contributed by atoms with Crippen LogP contribution in [-0.2, 0) is 0 Å². The fourth-order valence-electron chi connectivity index (χ4n) is 1.31. The Kier molecular flexibility index (Phi) is 2.70. The van der Waals surface area contributed by atoms with Crippen LogP contribution in [0.4, 0.5) is 10.2 Å². The Morgan fingerprint density at radius 3 is 2.59 bits per heavy atom. The van der Waals surface area contributed by atoms with Crippen molar-refractivity contribution in [3.63, 3.8) is 0 Å². The van der Waals surface area contributed by atoms with E-state index in [9.17, 15) is 14.0 Å². The topological polar surface area (TPSA) is 78.0 Å². The van der Waals surface area contributed by atoms with E-state index in [1.165, 1.54) is 12.1 Å². The second-order valence-corrected chi connectivity index (χ2v) is 3.30. The summed E-state index contributed by atoms with van der Waals surface area (Å²) < 4.78 is 13.7. The average molecular weight is 233 g/mol. The molecule has 0 saturated heterocycles. The van der Waals surface area contributed by atoms with Gasteiger partial charge in [0.2, 0.25) is 0 Å². The molecule has 0 bridgehead atoms. The third-order valence-corrected chi connectivity index (χ3v) is 2.15. The maximum Gasteiger partial charge on any atom is 0.356 e. The quantitative estimate of drug-likeness (QED) is 0.784. The van der Waals surface area contributed by atoms with Gasteiger partial charge in [0.15, 0.2) is 11.6 Å². The monoisotopic (exact) mass is 233 g/mol. The molecule has 1 aromatic heterocycles. The Labute approximate surface area is 95.3 Å². The highest BCUT2D eigenvalue weighted by Crippen LogP contribution is 2.04. The van der Waals surface area contributed by atoms with Crippen molar-refractivity contribution < 1.29 is 9.18 Å². The lowest BCUT2D eigenvalue weighted by atomic mass is 10.2. The van der Waals surface area contributed by atoms with Gasteiger partial charge in [0.05, 0.1) is 6.20 Å². The van der Waals surface area contributed by atoms with Crippen molar-refractivity contribution in [3.05, 3.63) is 58.4 Å². The summed E-state index contributed by atoms with van der Waals surface area (Å²) >= 11 is 0. The largest absolute Gasteiger partial charge is 0.381 e. The maximum absolute atomic E-state index is 13.1. The van der Waals surface area contributed by atoms with Crippen molar-refractivity contribution in [2.45, 2.75) is 0 Å². The number of hydrogen-bond donors (Lipinski definition) is 1. The Morgan fingerprint density at radius 2 is 1.94 bits per heavy atom. The van der Waals surface area contributed by atoms with Gasteiger partial charge >= 0.3 is 5.69 Å². The van der Waals surface area contributed by atoms with Gasteiger partial charge in [-0.25, -0.2) is 13.8 Å². The number of benzene rings is 1. The second-order valence-electron chi connectivity index (χ2n) is 3.30. The van der Waals surface area contributed by atoms with Crippen molar-refractivity contribution in [3.8, 4) is 0 Å². The number of hydrogen-bond acceptors (Lipinski definition) is 4. The molecule has 86 valence electrons. The molecule has 0 amide bonds. The first-order valence-electron chi connectivity index (χ1n) is 4.74. The molecule has 2 rings (SSSR count). The molecule has 0 unspecified atom stereocenters. The third-order valence-electron chi connectivity index (χ3n) is 2.15. The number of nitrogen functional groups attached to an aromatic ring is 1. The van der Waals surface area contributed by atoms with Gasteiger partial charge in [-0.05, 0) is 12.1 Å². The van der Waals surface area contributed by atoms with Crippen LogP contribution in [0.1, 0.15) is 10.4 Å². The van der Waals surface area contributed by atoms with Crippen LogP contribution in [0.2, 0.25) is 0 Å². The summed E-state index contributed by atoms with van der Waals surface area (Å²) in [6, 6.07) is 8.03. The number of halogens is 1. The van der Waals surface area contributed by atoms with E-state index in [0.29, 0.717) is 4.57 Å². The molecule has 0 aliphatic carbocycles. The van der Waals surface area contributed by atoms with Crippen molar-refractivity contribution >= 4 is 11.7 Å². The Balaban J connectivity index is 2.52. The predicted octanol–water partition coefficient (Wildman–Crippen LogP) is 0.653. The Bertz CT molecular complexity index is 622. The van der Waals surface area contributed by atoms with E-state index in [1.54, 1.807) is 18.2 Å². The Morgan fingerprint density at radius 1 is 1.29 bits per heavy atom. The summed E-state index contributed by atoms with van der Waals surface area (Å²) in [6.07, 6.45) is 0.736. The first-order chi connectivity index (χ1) is 8.09. The van der Waals surface area contributed by atoms with Crippen molar-refractivity contribution in [2.24, 2.45) is 0 Å². The SMILES string of the molecule is Nc1nc(=O)n(C(=O)c2ccccc2)cc1F. The first kappa shape index (κ1) is 11.0. The highest BCUT2D eigenvalue weighted by atomic mass is 19.1. The zero-order valence-electron chi connectivity index (χ0n) is 8.63. The van der Waals surface area contributed by atoms with Crippen LogP contribution in [0.3, 0.4) is 0 Å². The zero-order valence-corrected chi connectivity index (χ0v) is 8.63. The van der Waals surface area contributed by atoms with Gasteiger partial charge < -0.3 is 5.73 Å². The molecule has 6 heteroatoms. The normalized spacial score (nSPS) is 10.2. The van der Waals surface area contributed by atoms with Gasteiger partial charge in [-0.15, -0.1) is 0 Å². The molecule has 0 saturated carbocycles. The third kappa shape index (κ3) is 2.05. The fourth-order valence-corrected chi connectivity index (χ4v) is 1.31. The van der Waals surface area contributed by atoms with E-state index in [-0.39, 0.29) is 5.56 Å². The number of aromatic nitrogens is 2. The van der Waals surface area contributed by atoms with Crippen molar-refractivity contribution in [1.29, 1.82) is 0 Å². The smallest absolute Gasteiger partial charge is 0.356 e. The predicted molar refractivity (Wildman–Crippen MR) is 59.0 cm³/mol. The Hall–Kier alpha value is -2.50. The van der Waals surface area contributed by atoms with Crippen LogP contribution in [0, 0.1) is 5.82 Å². The lowest BCUT2D eigenvalue weighted by Crippen LogP contribution is -2.30. The molecule has 5 nitrogen and oxygen atoms in total. The standard InChI is InChI=1S/C11H8FN3O2/c12-8-6-15(11(17)14-9(8)13)10(16)7-4-2-1-3-5-7/h1-6H,(H2,13,14,17). The van der Waals surface area contributed by atoms with Gasteiger partial charge in [0.1, 0.15) is 0 Å². The number of rotatable bonds is 1. The molecule has 2 N–H and O–H groups in total. The lowest BCUT2D eigenvalue weighted by Gasteiger charge is -2.04. The fraction of sp³-hybridized carbons (Fsp3) is 0. The van der Waals surface area contributed by atoms with Gasteiger partial charge in [0, 0.05) is 5.56 Å². The molecule has 0 aliphatic rings. The molecule has 2 aromatic rings. The van der Waals surface area contributed by atoms with Gasteiger partial charge in [0.25, 0.3) is 5.91 Å². The summed E-state index contributed by atoms with van der Waals surface area (Å²) in [7, 11) is 0. The van der Waals surface area contributed by atoms with E-state index in [1.807, 2.05) is 0 Å². The van der Waals surface area contributed by atoms with Crippen molar-refractivity contribution in [1.82, 2.24) is 9.55 Å². The van der Waals surface area contributed by atoms with E-state index >= 15 is 0 Å². The van der Waals surface area contributed by atoms with Crippen LogP contribution in [-0.4, -0.2) is 15.5 Å². The van der Waals surface area contributed by atoms with Crippen LogP contribution in [0.15, 0.2) is 41.3 Å². The van der Waals surface area contributed by atoms with Crippen LogP contribution in [0.25, 0.3) is 0 Å². The van der Waals surface area contributed by atoms with Crippen LogP contribution in [0.5, 0.6) is 0 Å². The maximum atomic E-state index is 13.1. The minimum Gasteiger partial charge on any atom is -0.381 e. The molecular weight excluding hydrogens is 225 g/mol. The first-order valence-corrected chi connectivity index (χ1v) is 4.74. The number of nitrogens with two attached hydrogens (primary N) is 1. The van der Waals surface area contributed by atoms with Crippen LogP contribution < -0.4 is 11.4 Å². The van der Waals surface area contributed by atoms with Gasteiger partial charge in [-0.2, -0.15) is 4.98 Å². The molecule has 1 aromatic carbocycles. The van der Waals surface area contributed by atoms with E-state index < -0.39 is 23.2 Å². The number of anilines is 1. The minimum absolute atomic E-state index is 0.264. The van der Waals surface area contributed by atoms with Gasteiger partial charge in [-0.3, -0.25) is 4.79 Å². The highest BCUT2D eigenvalue weighted by Gasteiger charge is 2.13. The van der Waals surface area contributed by atoms with Crippen molar-refractivity contribution in [2.75, 3.05) is 5.73 Å². The molecule has 0 fully saturated rings. The highest BCUT2D eigenvalue weighted by molar-refractivity contribution is 5.95. The van der Waals surface area contributed by atoms with E-state index in [4.69, 9.17) is 5.73 Å². The number of carbonyl (C=O) groups excluding carboxylic acids is 1. The number of carbonyl (C=O) groups is 1. The lowest BCUT2D eigenvalue weighted by molar-refractivity contribution is 0.0953. The molecule has 1 heterocycles. The molecule has 0 aliphatic heterocycles.